The molecule has 0 aliphatic carbocycles. The summed E-state index contributed by atoms with van der Waals surface area (Å²) in [6, 6.07) is 18.4. The number of aryl methyl sites for hydroxylation is 2. The van der Waals surface area contributed by atoms with Crippen LogP contribution in [0.15, 0.2) is 60.7 Å². The number of nitrogens with zero attached hydrogens (tertiary/aromatic N) is 3. The number of rotatable bonds is 4. The van der Waals surface area contributed by atoms with Crippen LogP contribution >= 0.6 is 11.3 Å². The predicted molar refractivity (Wildman–Crippen MR) is 177 cm³/mol. The molecule has 0 atom stereocenters. The standard InChI is InChI=1S/C21H16FNO3S.C15H20N2O2/c1-12-6-8-13(9-7-12)20(24)23-11-10-15-17(22)19(21(25)26)27-18(15)14-4-2-3-5-16(14)23;1-11-3-4-13(12(2)18)14(16-11)17-9-15(10-17)5-7-19-8-6-15/h2-9H,10-11H2,1H3,(H,25,26);3-4H,5-10H2,1-2H3. The van der Waals surface area contributed by atoms with Crippen molar-refractivity contribution in [2.45, 2.75) is 40.0 Å². The van der Waals surface area contributed by atoms with Crippen LogP contribution in [0.3, 0.4) is 0 Å². The van der Waals surface area contributed by atoms with E-state index < -0.39 is 11.8 Å². The van der Waals surface area contributed by atoms with Gasteiger partial charge in [0.1, 0.15) is 10.7 Å². The first-order valence-corrected chi connectivity index (χ1v) is 16.2. The number of pyridine rings is 1. The Morgan fingerprint density at radius 1 is 0.978 bits per heavy atom. The number of aromatic carboxylic acids is 1. The largest absolute Gasteiger partial charge is 0.477 e. The number of halogens is 1. The molecule has 5 heterocycles. The molecule has 0 unspecified atom stereocenters. The zero-order valence-corrected chi connectivity index (χ0v) is 27.0. The average molecular weight is 642 g/mol. The Kier molecular flexibility index (Phi) is 8.76. The Labute approximate surface area is 271 Å². The lowest BCUT2D eigenvalue weighted by Crippen LogP contribution is -2.59. The monoisotopic (exact) mass is 641 g/mol. The predicted octanol–water partition coefficient (Wildman–Crippen LogP) is 6.97. The summed E-state index contributed by atoms with van der Waals surface area (Å²) in [5.74, 6) is -1.16. The highest BCUT2D eigenvalue weighted by Crippen LogP contribution is 2.44. The van der Waals surface area contributed by atoms with Gasteiger partial charge in [0.15, 0.2) is 11.6 Å². The van der Waals surface area contributed by atoms with E-state index >= 15 is 0 Å². The first kappa shape index (κ1) is 31.6. The third-order valence-electron chi connectivity index (χ3n) is 9.00. The third kappa shape index (κ3) is 6.07. The van der Waals surface area contributed by atoms with Crippen LogP contribution in [-0.2, 0) is 11.2 Å². The number of ketones is 1. The molecular formula is C36H36FN3O5S. The fraction of sp³-hybridized carbons (Fsp3) is 0.333. The number of carboxylic acid groups (broad SMARTS) is 1. The maximum atomic E-state index is 14.7. The number of Topliss-reactive ketones (excluding diaryl/α,β-unsaturated/α-hetero) is 1. The van der Waals surface area contributed by atoms with E-state index in [9.17, 15) is 23.9 Å². The molecule has 2 aromatic heterocycles. The van der Waals surface area contributed by atoms with Crippen molar-refractivity contribution in [2.75, 3.05) is 42.6 Å². The first-order valence-electron chi connectivity index (χ1n) is 15.4. The molecule has 46 heavy (non-hydrogen) atoms. The first-order chi connectivity index (χ1) is 22.1. The van der Waals surface area contributed by atoms with E-state index in [-0.39, 0.29) is 29.5 Å². The Balaban J connectivity index is 0.000000172. The molecule has 7 rings (SSSR count). The molecule has 0 bridgehead atoms. The average Bonchev–Trinajstić information content (AvgIpc) is 3.27. The topological polar surface area (TPSA) is 100 Å². The van der Waals surface area contributed by atoms with Crippen LogP contribution in [0.1, 0.15) is 67.0 Å². The summed E-state index contributed by atoms with van der Waals surface area (Å²) < 4.78 is 20.1. The molecule has 3 aliphatic heterocycles. The quantitative estimate of drug-likeness (QED) is 0.240. The van der Waals surface area contributed by atoms with Crippen LogP contribution in [0, 0.1) is 25.1 Å². The molecule has 1 spiro atoms. The number of aromatic nitrogens is 1. The van der Waals surface area contributed by atoms with E-state index in [2.05, 4.69) is 9.88 Å². The Morgan fingerprint density at radius 2 is 1.67 bits per heavy atom. The normalized spacial score (nSPS) is 16.3. The molecule has 1 N–H and O–H groups in total. The Bertz CT molecular complexity index is 1800. The van der Waals surface area contributed by atoms with Crippen LogP contribution in [0.4, 0.5) is 15.9 Å². The molecule has 2 fully saturated rings. The highest BCUT2D eigenvalue weighted by molar-refractivity contribution is 7.17. The summed E-state index contributed by atoms with van der Waals surface area (Å²) in [4.78, 5) is 44.9. The van der Waals surface area contributed by atoms with Gasteiger partial charge in [0.05, 0.1) is 11.3 Å². The summed E-state index contributed by atoms with van der Waals surface area (Å²) in [5, 5.41) is 9.25. The summed E-state index contributed by atoms with van der Waals surface area (Å²) in [5.41, 5.74) is 5.45. The van der Waals surface area contributed by atoms with E-state index in [0.29, 0.717) is 32.7 Å². The minimum atomic E-state index is -1.27. The lowest BCUT2D eigenvalue weighted by Gasteiger charge is -2.53. The van der Waals surface area contributed by atoms with Gasteiger partial charge in [-0.15, -0.1) is 11.3 Å². The number of hydrogen-bond donors (Lipinski definition) is 1. The SMILES string of the molecule is CC(=O)c1ccc(C)nc1N1CC2(CCOCC2)C1.Cc1ccc(C(=O)N2CCc3c(sc(C(=O)O)c3F)-c3ccccc32)cc1. The number of hydrogen-bond acceptors (Lipinski definition) is 7. The van der Waals surface area contributed by atoms with E-state index in [4.69, 9.17) is 4.74 Å². The second-order valence-electron chi connectivity index (χ2n) is 12.3. The smallest absolute Gasteiger partial charge is 0.348 e. The molecule has 8 nitrogen and oxygen atoms in total. The summed E-state index contributed by atoms with van der Waals surface area (Å²) in [7, 11) is 0. The highest BCUT2D eigenvalue weighted by Gasteiger charge is 2.45. The lowest BCUT2D eigenvalue weighted by molar-refractivity contribution is -0.000522. The molecule has 0 radical (unpaired) electrons. The highest BCUT2D eigenvalue weighted by atomic mass is 32.1. The maximum absolute atomic E-state index is 14.7. The molecule has 2 aromatic carbocycles. The Hall–Kier alpha value is -4.41. The molecule has 3 aliphatic rings. The van der Waals surface area contributed by atoms with Crippen molar-refractivity contribution in [1.82, 2.24) is 4.98 Å². The summed E-state index contributed by atoms with van der Waals surface area (Å²) >= 11 is 0.925. The van der Waals surface area contributed by atoms with Gasteiger partial charge in [-0.1, -0.05) is 35.9 Å². The van der Waals surface area contributed by atoms with Crippen LogP contribution in [0.25, 0.3) is 10.4 Å². The van der Waals surface area contributed by atoms with Crippen LogP contribution in [0.2, 0.25) is 0 Å². The zero-order chi connectivity index (χ0) is 32.6. The number of carboxylic acids is 1. The van der Waals surface area contributed by atoms with Crippen molar-refractivity contribution in [3.8, 4) is 10.4 Å². The van der Waals surface area contributed by atoms with Gasteiger partial charge in [-0.05, 0) is 70.4 Å². The van der Waals surface area contributed by atoms with Crippen molar-refractivity contribution < 1.29 is 28.6 Å². The van der Waals surface area contributed by atoms with Crippen LogP contribution in [0.5, 0.6) is 0 Å². The van der Waals surface area contributed by atoms with Gasteiger partial charge in [0.25, 0.3) is 5.91 Å². The van der Waals surface area contributed by atoms with Crippen molar-refractivity contribution >= 4 is 40.5 Å². The Morgan fingerprint density at radius 3 is 2.35 bits per heavy atom. The molecule has 10 heteroatoms. The number of ether oxygens (including phenoxy) is 1. The molecule has 2 saturated heterocycles. The van der Waals surface area contributed by atoms with E-state index in [1.807, 2.05) is 50.2 Å². The van der Waals surface area contributed by atoms with Crippen molar-refractivity contribution in [2.24, 2.45) is 5.41 Å². The van der Waals surface area contributed by atoms with Gasteiger partial charge in [-0.3, -0.25) is 9.59 Å². The fourth-order valence-corrected chi connectivity index (χ4v) is 7.53. The van der Waals surface area contributed by atoms with Crippen molar-refractivity contribution in [3.63, 3.8) is 0 Å². The molecule has 4 aromatic rings. The number of benzene rings is 2. The number of fused-ring (bicyclic) bond motifs is 3. The van der Waals surface area contributed by atoms with Crippen LogP contribution in [-0.4, -0.2) is 60.6 Å². The second-order valence-corrected chi connectivity index (χ2v) is 13.3. The van der Waals surface area contributed by atoms with E-state index in [0.717, 1.165) is 73.1 Å². The van der Waals surface area contributed by atoms with Gasteiger partial charge >= 0.3 is 5.97 Å². The molecule has 1 amide bonds. The number of carbonyl (C=O) groups is 3. The summed E-state index contributed by atoms with van der Waals surface area (Å²) in [6.45, 7) is 9.57. The minimum absolute atomic E-state index is 0.0930. The number of carbonyl (C=O) groups excluding carboxylic acids is 2. The van der Waals surface area contributed by atoms with Gasteiger partial charge < -0.3 is 19.6 Å². The lowest BCUT2D eigenvalue weighted by atomic mass is 9.73. The number of amides is 1. The van der Waals surface area contributed by atoms with Crippen molar-refractivity contribution in [3.05, 3.63) is 99.3 Å². The molecule has 0 saturated carbocycles. The van der Waals surface area contributed by atoms with Gasteiger partial charge in [0.2, 0.25) is 0 Å². The number of thiophene rings is 1. The summed E-state index contributed by atoms with van der Waals surface area (Å²) in [6.07, 6.45) is 2.52. The van der Waals surface area contributed by atoms with Gasteiger partial charge in [-0.2, -0.15) is 0 Å². The van der Waals surface area contributed by atoms with Crippen molar-refractivity contribution in [1.29, 1.82) is 0 Å². The fourth-order valence-electron chi connectivity index (χ4n) is 6.42. The van der Waals surface area contributed by atoms with Crippen LogP contribution < -0.4 is 9.80 Å². The van der Waals surface area contributed by atoms with E-state index in [1.54, 1.807) is 36.1 Å². The van der Waals surface area contributed by atoms with Gasteiger partial charge in [0, 0.05) is 65.5 Å². The maximum Gasteiger partial charge on any atom is 0.348 e. The second kappa shape index (κ2) is 12.8. The zero-order valence-electron chi connectivity index (χ0n) is 26.1. The van der Waals surface area contributed by atoms with E-state index in [1.165, 1.54) is 0 Å². The molecular weight excluding hydrogens is 605 g/mol. The number of para-hydroxylation sites is 1. The number of anilines is 2. The third-order valence-corrected chi connectivity index (χ3v) is 10.2. The minimum Gasteiger partial charge on any atom is -0.477 e. The van der Waals surface area contributed by atoms with Gasteiger partial charge in [-0.25, -0.2) is 14.2 Å². The molecule has 238 valence electrons.